The molecule has 8 nitrogen and oxygen atoms in total. The molecule has 122 valence electrons. The van der Waals surface area contributed by atoms with E-state index < -0.39 is 5.97 Å². The number of phenols is 1. The van der Waals surface area contributed by atoms with Crippen molar-refractivity contribution in [1.82, 2.24) is 15.0 Å². The van der Waals surface area contributed by atoms with Crippen LogP contribution in [0.1, 0.15) is 17.3 Å². The summed E-state index contributed by atoms with van der Waals surface area (Å²) in [6.45, 7) is 2.15. The van der Waals surface area contributed by atoms with E-state index in [2.05, 4.69) is 10.2 Å². The van der Waals surface area contributed by atoms with Gasteiger partial charge in [-0.25, -0.2) is 4.79 Å². The predicted molar refractivity (Wildman–Crippen MR) is 82.6 cm³/mol. The Labute approximate surface area is 136 Å². The Morgan fingerprint density at radius 3 is 2.75 bits per heavy atom. The minimum Gasteiger partial charge on any atom is -0.505 e. The molecule has 1 aliphatic rings. The number of hydrogen-bond donors (Lipinski definition) is 1. The summed E-state index contributed by atoms with van der Waals surface area (Å²) < 4.78 is 15.5. The zero-order valence-electron chi connectivity index (χ0n) is 12.7. The summed E-state index contributed by atoms with van der Waals surface area (Å²) in [6, 6.07) is 7.95. The number of carbonyl (C=O) groups excluding carboxylic acids is 1. The van der Waals surface area contributed by atoms with Gasteiger partial charge in [0.1, 0.15) is 22.5 Å². The largest absolute Gasteiger partial charge is 0.505 e. The highest BCUT2D eigenvalue weighted by molar-refractivity contribution is 5.93. The van der Waals surface area contributed by atoms with E-state index in [1.807, 2.05) is 0 Å². The Kier molecular flexibility index (Phi) is 3.23. The van der Waals surface area contributed by atoms with Crippen molar-refractivity contribution < 1.29 is 24.1 Å². The maximum absolute atomic E-state index is 11.8. The molecule has 24 heavy (non-hydrogen) atoms. The van der Waals surface area contributed by atoms with E-state index >= 15 is 0 Å². The third kappa shape index (κ3) is 2.28. The molecular weight excluding hydrogens is 314 g/mol. The van der Waals surface area contributed by atoms with E-state index in [0.29, 0.717) is 40.4 Å². The van der Waals surface area contributed by atoms with E-state index in [0.717, 1.165) is 0 Å². The van der Waals surface area contributed by atoms with Gasteiger partial charge in [0, 0.05) is 12.1 Å². The van der Waals surface area contributed by atoms with Crippen LogP contribution in [0.15, 0.2) is 30.3 Å². The van der Waals surface area contributed by atoms with Gasteiger partial charge in [-0.3, -0.25) is 0 Å². The molecule has 2 aromatic carbocycles. The first kappa shape index (κ1) is 14.3. The molecule has 0 saturated heterocycles. The first-order chi connectivity index (χ1) is 11.7. The van der Waals surface area contributed by atoms with Gasteiger partial charge in [0.15, 0.2) is 11.5 Å². The lowest BCUT2D eigenvalue weighted by molar-refractivity contribution is 0.0526. The lowest BCUT2D eigenvalue weighted by atomic mass is 10.2. The molecule has 0 amide bonds. The number of hydrogen-bond acceptors (Lipinski definition) is 7. The van der Waals surface area contributed by atoms with Gasteiger partial charge in [-0.15, -0.1) is 15.0 Å². The van der Waals surface area contributed by atoms with Crippen molar-refractivity contribution in [3.63, 3.8) is 0 Å². The van der Waals surface area contributed by atoms with Crippen LogP contribution in [0.3, 0.4) is 0 Å². The Bertz CT molecular complexity index is 950. The van der Waals surface area contributed by atoms with Crippen LogP contribution in [0.2, 0.25) is 0 Å². The maximum atomic E-state index is 11.8. The number of benzene rings is 2. The van der Waals surface area contributed by atoms with Crippen LogP contribution in [-0.4, -0.2) is 39.5 Å². The average molecular weight is 327 g/mol. The van der Waals surface area contributed by atoms with Crippen molar-refractivity contribution in [2.75, 3.05) is 13.4 Å². The van der Waals surface area contributed by atoms with Crippen LogP contribution in [0.5, 0.6) is 17.2 Å². The van der Waals surface area contributed by atoms with Gasteiger partial charge in [-0.05, 0) is 25.1 Å². The average Bonchev–Trinajstić information content (AvgIpc) is 3.19. The molecular formula is C16H13N3O5. The molecule has 3 aromatic rings. The van der Waals surface area contributed by atoms with Gasteiger partial charge in [-0.2, -0.15) is 0 Å². The molecule has 0 bridgehead atoms. The molecule has 0 fully saturated rings. The highest BCUT2D eigenvalue weighted by Crippen LogP contribution is 2.38. The Morgan fingerprint density at radius 2 is 1.96 bits per heavy atom. The lowest BCUT2D eigenvalue weighted by Crippen LogP contribution is -2.04. The molecule has 0 radical (unpaired) electrons. The number of aromatic nitrogens is 3. The lowest BCUT2D eigenvalue weighted by Gasteiger charge is -2.04. The number of nitrogens with zero attached hydrogens (tertiary/aromatic N) is 3. The second-order valence-corrected chi connectivity index (χ2v) is 5.11. The third-order valence-corrected chi connectivity index (χ3v) is 3.58. The zero-order valence-corrected chi connectivity index (χ0v) is 12.7. The van der Waals surface area contributed by atoms with Gasteiger partial charge in [-0.1, -0.05) is 0 Å². The summed E-state index contributed by atoms with van der Waals surface area (Å²) in [5.74, 6) is 0.527. The molecule has 0 spiro atoms. The smallest absolute Gasteiger partial charge is 0.338 e. The van der Waals surface area contributed by atoms with Crippen LogP contribution in [0, 0.1) is 0 Å². The van der Waals surface area contributed by atoms with Crippen molar-refractivity contribution in [2.24, 2.45) is 0 Å². The van der Waals surface area contributed by atoms with Crippen LogP contribution < -0.4 is 9.47 Å². The van der Waals surface area contributed by atoms with Crippen molar-refractivity contribution in [2.45, 2.75) is 6.92 Å². The Morgan fingerprint density at radius 1 is 1.21 bits per heavy atom. The summed E-state index contributed by atoms with van der Waals surface area (Å²) in [7, 11) is 0. The van der Waals surface area contributed by atoms with Crippen LogP contribution in [0.25, 0.3) is 16.7 Å². The van der Waals surface area contributed by atoms with E-state index in [-0.39, 0.29) is 12.5 Å². The highest BCUT2D eigenvalue weighted by Gasteiger charge is 2.19. The molecule has 8 heteroatoms. The summed E-state index contributed by atoms with van der Waals surface area (Å²) in [5.41, 5.74) is 1.84. The fraction of sp³-hybridized carbons (Fsp3) is 0.188. The molecule has 2 heterocycles. The normalized spacial score (nSPS) is 12.5. The van der Waals surface area contributed by atoms with Gasteiger partial charge < -0.3 is 19.3 Å². The summed E-state index contributed by atoms with van der Waals surface area (Å²) in [5, 5.41) is 18.8. The predicted octanol–water partition coefficient (Wildman–Crippen LogP) is 2.03. The molecule has 1 N–H and O–H groups in total. The molecule has 1 aromatic heterocycles. The molecule has 0 saturated carbocycles. The second-order valence-electron chi connectivity index (χ2n) is 5.11. The molecule has 0 aliphatic carbocycles. The van der Waals surface area contributed by atoms with Crippen LogP contribution >= 0.6 is 0 Å². The standard InChI is InChI=1S/C16H13N3O5/c1-2-22-16(21)9-3-4-10-11(5-9)18-19(17-10)12-6-14-15(7-13(12)20)24-8-23-14/h3-7,20H,2,8H2,1H3. The Hall–Kier alpha value is -3.29. The van der Waals surface area contributed by atoms with Gasteiger partial charge in [0.25, 0.3) is 0 Å². The summed E-state index contributed by atoms with van der Waals surface area (Å²) >= 11 is 0. The van der Waals surface area contributed by atoms with E-state index in [1.54, 1.807) is 31.2 Å². The van der Waals surface area contributed by atoms with Crippen molar-refractivity contribution in [3.05, 3.63) is 35.9 Å². The van der Waals surface area contributed by atoms with Crippen molar-refractivity contribution in [3.8, 4) is 22.9 Å². The summed E-state index contributed by atoms with van der Waals surface area (Å²) in [4.78, 5) is 13.1. The molecule has 1 aliphatic heterocycles. The number of fused-ring (bicyclic) bond motifs is 2. The van der Waals surface area contributed by atoms with Crippen LogP contribution in [0.4, 0.5) is 0 Å². The number of aromatic hydroxyl groups is 1. The van der Waals surface area contributed by atoms with E-state index in [9.17, 15) is 9.90 Å². The fourth-order valence-corrected chi connectivity index (χ4v) is 2.44. The Balaban J connectivity index is 1.77. The summed E-state index contributed by atoms with van der Waals surface area (Å²) in [6.07, 6.45) is 0. The fourth-order valence-electron chi connectivity index (χ4n) is 2.44. The van der Waals surface area contributed by atoms with Crippen LogP contribution in [-0.2, 0) is 4.74 Å². The number of carbonyl (C=O) groups is 1. The third-order valence-electron chi connectivity index (χ3n) is 3.58. The maximum Gasteiger partial charge on any atom is 0.338 e. The first-order valence-corrected chi connectivity index (χ1v) is 7.33. The SMILES string of the molecule is CCOC(=O)c1ccc2nn(-c3cc4c(cc3O)OCO4)nc2c1. The molecule has 0 unspecified atom stereocenters. The quantitative estimate of drug-likeness (QED) is 0.735. The van der Waals surface area contributed by atoms with E-state index in [1.165, 1.54) is 10.9 Å². The minimum absolute atomic E-state index is 0.0369. The minimum atomic E-state index is -0.417. The van der Waals surface area contributed by atoms with Crippen molar-refractivity contribution in [1.29, 1.82) is 0 Å². The first-order valence-electron chi connectivity index (χ1n) is 7.33. The highest BCUT2D eigenvalue weighted by atomic mass is 16.7. The van der Waals surface area contributed by atoms with E-state index in [4.69, 9.17) is 14.2 Å². The van der Waals surface area contributed by atoms with Gasteiger partial charge in [0.05, 0.1) is 12.2 Å². The number of phenolic OH excluding ortho intramolecular Hbond substituents is 1. The number of rotatable bonds is 3. The zero-order chi connectivity index (χ0) is 16.7. The second kappa shape index (κ2) is 5.41. The monoisotopic (exact) mass is 327 g/mol. The molecule has 0 atom stereocenters. The topological polar surface area (TPSA) is 95.7 Å². The number of esters is 1. The van der Waals surface area contributed by atoms with Gasteiger partial charge in [0.2, 0.25) is 6.79 Å². The van der Waals surface area contributed by atoms with Gasteiger partial charge >= 0.3 is 5.97 Å². The molecule has 4 rings (SSSR count). The number of ether oxygens (including phenoxy) is 3. The van der Waals surface area contributed by atoms with Crippen molar-refractivity contribution >= 4 is 17.0 Å².